The standard InChI is InChI=1S/C20H21F3O3/c1-14(20(21,22)23)18(24)26-19(2,3)11-12-25-13-16-9-6-8-15-7-4-5-10-17(15)16/h4-10H,1,11-13H2,2-3H3. The van der Waals surface area contributed by atoms with Gasteiger partial charge in [-0.2, -0.15) is 13.2 Å². The average Bonchev–Trinajstić information content (AvgIpc) is 2.57. The number of carbonyl (C=O) groups is 1. The molecular formula is C20H21F3O3. The lowest BCUT2D eigenvalue weighted by molar-refractivity contribution is -0.163. The van der Waals surface area contributed by atoms with Gasteiger partial charge in [0.1, 0.15) is 11.2 Å². The van der Waals surface area contributed by atoms with Crippen LogP contribution in [-0.2, 0) is 20.9 Å². The monoisotopic (exact) mass is 366 g/mol. The van der Waals surface area contributed by atoms with Gasteiger partial charge in [0.25, 0.3) is 0 Å². The Morgan fingerprint density at radius 3 is 2.42 bits per heavy atom. The second-order valence-electron chi connectivity index (χ2n) is 6.57. The summed E-state index contributed by atoms with van der Waals surface area (Å²) >= 11 is 0. The van der Waals surface area contributed by atoms with Crippen molar-refractivity contribution < 1.29 is 27.4 Å². The zero-order valence-electron chi connectivity index (χ0n) is 14.7. The molecule has 0 bridgehead atoms. The normalized spacial score (nSPS) is 12.2. The molecule has 2 aromatic rings. The lowest BCUT2D eigenvalue weighted by atomic mass is 10.0. The Morgan fingerprint density at radius 1 is 1.08 bits per heavy atom. The fraction of sp³-hybridized carbons (Fsp3) is 0.350. The number of hydrogen-bond donors (Lipinski definition) is 0. The van der Waals surface area contributed by atoms with Crippen LogP contribution in [-0.4, -0.2) is 24.4 Å². The van der Waals surface area contributed by atoms with Crippen LogP contribution in [0.25, 0.3) is 10.8 Å². The van der Waals surface area contributed by atoms with Crippen molar-refractivity contribution >= 4 is 16.7 Å². The van der Waals surface area contributed by atoms with Crippen molar-refractivity contribution in [3.63, 3.8) is 0 Å². The van der Waals surface area contributed by atoms with E-state index in [-0.39, 0.29) is 13.0 Å². The van der Waals surface area contributed by atoms with Gasteiger partial charge >= 0.3 is 12.1 Å². The number of esters is 1. The highest BCUT2D eigenvalue weighted by Gasteiger charge is 2.39. The Bertz CT molecular complexity index is 789. The molecule has 2 rings (SSSR count). The molecule has 0 fully saturated rings. The summed E-state index contributed by atoms with van der Waals surface area (Å²) in [5.41, 5.74) is -1.59. The third kappa shape index (κ3) is 5.33. The van der Waals surface area contributed by atoms with Gasteiger partial charge in [0.15, 0.2) is 0 Å². The molecule has 6 heteroatoms. The van der Waals surface area contributed by atoms with E-state index in [1.807, 2.05) is 42.5 Å². The molecule has 2 aromatic carbocycles. The van der Waals surface area contributed by atoms with Crippen molar-refractivity contribution in [3.05, 3.63) is 60.2 Å². The van der Waals surface area contributed by atoms with E-state index in [0.717, 1.165) is 16.3 Å². The lowest BCUT2D eigenvalue weighted by Crippen LogP contribution is -2.33. The van der Waals surface area contributed by atoms with E-state index < -0.39 is 23.3 Å². The average molecular weight is 366 g/mol. The summed E-state index contributed by atoms with van der Waals surface area (Å²) in [6.45, 7) is 6.42. The maximum atomic E-state index is 12.5. The van der Waals surface area contributed by atoms with Gasteiger partial charge in [-0.15, -0.1) is 0 Å². The molecule has 0 aliphatic carbocycles. The highest BCUT2D eigenvalue weighted by Crippen LogP contribution is 2.27. The molecule has 0 saturated carbocycles. The molecule has 0 unspecified atom stereocenters. The molecule has 26 heavy (non-hydrogen) atoms. The van der Waals surface area contributed by atoms with Gasteiger partial charge in [-0.3, -0.25) is 0 Å². The highest BCUT2D eigenvalue weighted by atomic mass is 19.4. The maximum Gasteiger partial charge on any atom is 0.422 e. The second-order valence-corrected chi connectivity index (χ2v) is 6.57. The zero-order chi connectivity index (χ0) is 19.4. The lowest BCUT2D eigenvalue weighted by Gasteiger charge is -2.26. The van der Waals surface area contributed by atoms with Crippen LogP contribution in [0.15, 0.2) is 54.6 Å². The highest BCUT2D eigenvalue weighted by molar-refractivity contribution is 5.89. The van der Waals surface area contributed by atoms with Crippen molar-refractivity contribution in [3.8, 4) is 0 Å². The summed E-state index contributed by atoms with van der Waals surface area (Å²) in [6, 6.07) is 13.8. The number of carbonyl (C=O) groups excluding carboxylic acids is 1. The third-order valence-corrected chi connectivity index (χ3v) is 3.94. The molecular weight excluding hydrogens is 345 g/mol. The molecule has 0 N–H and O–H groups in total. The fourth-order valence-electron chi connectivity index (χ4n) is 2.40. The van der Waals surface area contributed by atoms with Crippen molar-refractivity contribution in [1.29, 1.82) is 0 Å². The van der Waals surface area contributed by atoms with Crippen LogP contribution in [0.5, 0.6) is 0 Å². The third-order valence-electron chi connectivity index (χ3n) is 3.94. The van der Waals surface area contributed by atoms with Crippen LogP contribution in [0.4, 0.5) is 13.2 Å². The van der Waals surface area contributed by atoms with Gasteiger partial charge in [-0.1, -0.05) is 49.0 Å². The molecule has 0 radical (unpaired) electrons. The molecule has 0 aliphatic heterocycles. The van der Waals surface area contributed by atoms with Gasteiger partial charge < -0.3 is 9.47 Å². The summed E-state index contributed by atoms with van der Waals surface area (Å²) in [6.07, 6.45) is -4.54. The number of benzene rings is 2. The van der Waals surface area contributed by atoms with Crippen LogP contribution < -0.4 is 0 Å². The van der Waals surface area contributed by atoms with E-state index in [9.17, 15) is 18.0 Å². The number of halogens is 3. The van der Waals surface area contributed by atoms with Crippen molar-refractivity contribution in [2.45, 2.75) is 38.7 Å². The predicted octanol–water partition coefficient (Wildman–Crippen LogP) is 5.19. The number of hydrogen-bond acceptors (Lipinski definition) is 3. The van der Waals surface area contributed by atoms with Crippen LogP contribution >= 0.6 is 0 Å². The largest absolute Gasteiger partial charge is 0.456 e. The van der Waals surface area contributed by atoms with Crippen molar-refractivity contribution in [1.82, 2.24) is 0 Å². The minimum absolute atomic E-state index is 0.238. The molecule has 0 aromatic heterocycles. The molecule has 0 saturated heterocycles. The quantitative estimate of drug-likeness (QED) is 0.384. The van der Waals surface area contributed by atoms with E-state index in [4.69, 9.17) is 9.47 Å². The molecule has 0 atom stereocenters. The zero-order valence-corrected chi connectivity index (χ0v) is 14.7. The molecule has 3 nitrogen and oxygen atoms in total. The smallest absolute Gasteiger partial charge is 0.422 e. The van der Waals surface area contributed by atoms with E-state index in [2.05, 4.69) is 6.58 Å². The van der Waals surface area contributed by atoms with Gasteiger partial charge in [-0.25, -0.2) is 4.79 Å². The van der Waals surface area contributed by atoms with Crippen LogP contribution in [0.2, 0.25) is 0 Å². The summed E-state index contributed by atoms with van der Waals surface area (Å²) in [7, 11) is 0. The molecule has 0 aliphatic rings. The van der Waals surface area contributed by atoms with Crippen LogP contribution in [0, 0.1) is 0 Å². The van der Waals surface area contributed by atoms with Gasteiger partial charge in [0, 0.05) is 6.42 Å². The molecule has 0 amide bonds. The molecule has 140 valence electrons. The number of rotatable bonds is 7. The Labute approximate surface area is 150 Å². The Hall–Kier alpha value is -2.34. The van der Waals surface area contributed by atoms with Crippen LogP contribution in [0.3, 0.4) is 0 Å². The Morgan fingerprint density at radius 2 is 1.73 bits per heavy atom. The van der Waals surface area contributed by atoms with Crippen LogP contribution in [0.1, 0.15) is 25.8 Å². The number of ether oxygens (including phenoxy) is 2. The molecule has 0 heterocycles. The van der Waals surface area contributed by atoms with E-state index in [0.29, 0.717) is 6.61 Å². The fourth-order valence-corrected chi connectivity index (χ4v) is 2.40. The van der Waals surface area contributed by atoms with E-state index in [1.165, 1.54) is 13.8 Å². The summed E-state index contributed by atoms with van der Waals surface area (Å²) in [4.78, 5) is 11.5. The first-order valence-electron chi connectivity index (χ1n) is 8.14. The molecule has 0 spiro atoms. The van der Waals surface area contributed by atoms with Crippen molar-refractivity contribution in [2.75, 3.05) is 6.61 Å². The van der Waals surface area contributed by atoms with E-state index >= 15 is 0 Å². The van der Waals surface area contributed by atoms with Gasteiger partial charge in [0.05, 0.1) is 13.2 Å². The summed E-state index contributed by atoms with van der Waals surface area (Å²) in [5.74, 6) is -1.46. The Kier molecular flexibility index (Phi) is 6.08. The first-order chi connectivity index (χ1) is 12.1. The number of alkyl halides is 3. The first kappa shape index (κ1) is 20.0. The summed E-state index contributed by atoms with van der Waals surface area (Å²) < 4.78 is 48.0. The van der Waals surface area contributed by atoms with E-state index in [1.54, 1.807) is 0 Å². The van der Waals surface area contributed by atoms with Gasteiger partial charge in [0.2, 0.25) is 0 Å². The first-order valence-corrected chi connectivity index (χ1v) is 8.14. The maximum absolute atomic E-state index is 12.5. The summed E-state index contributed by atoms with van der Waals surface area (Å²) in [5, 5.41) is 2.19. The number of fused-ring (bicyclic) bond motifs is 1. The topological polar surface area (TPSA) is 35.5 Å². The second kappa shape index (κ2) is 7.91. The minimum atomic E-state index is -4.79. The minimum Gasteiger partial charge on any atom is -0.456 e. The SMILES string of the molecule is C=C(C(=O)OC(C)(C)CCOCc1cccc2ccccc12)C(F)(F)F. The van der Waals surface area contributed by atoms with Gasteiger partial charge in [-0.05, 0) is 30.2 Å². The van der Waals surface area contributed by atoms with Crippen molar-refractivity contribution in [2.24, 2.45) is 0 Å². The predicted molar refractivity (Wildman–Crippen MR) is 93.6 cm³/mol. The Balaban J connectivity index is 1.86.